The molecule has 0 bridgehead atoms. The summed E-state index contributed by atoms with van der Waals surface area (Å²) in [6.45, 7) is 1.93. The second-order valence-corrected chi connectivity index (χ2v) is 8.55. The molecule has 4 nitrogen and oxygen atoms in total. The molecule has 0 aliphatic heterocycles. The Balaban J connectivity index is 2.07. The average Bonchev–Trinajstić information content (AvgIpc) is 2.67. The number of carbonyl (C=O) groups excluding carboxylic acids is 2. The summed E-state index contributed by atoms with van der Waals surface area (Å²) < 4.78 is 0. The smallest absolute Gasteiger partial charge is 0.242 e. The van der Waals surface area contributed by atoms with Crippen LogP contribution in [-0.4, -0.2) is 35.6 Å². The first-order valence-corrected chi connectivity index (χ1v) is 10.8. The molecule has 0 saturated carbocycles. The van der Waals surface area contributed by atoms with E-state index in [0.29, 0.717) is 27.2 Å². The average molecular weight is 460 g/mol. The lowest BCUT2D eigenvalue weighted by molar-refractivity contribution is -0.140. The molecule has 0 saturated heterocycles. The van der Waals surface area contributed by atoms with Crippen LogP contribution in [0.1, 0.15) is 18.9 Å². The Morgan fingerprint density at radius 2 is 1.71 bits per heavy atom. The van der Waals surface area contributed by atoms with Gasteiger partial charge < -0.3 is 10.2 Å². The third kappa shape index (κ3) is 6.59. The Kier molecular flexibility index (Phi) is 8.96. The van der Waals surface area contributed by atoms with Crippen LogP contribution in [0.3, 0.4) is 0 Å². The maximum absolute atomic E-state index is 12.9. The molecule has 0 aliphatic rings. The minimum atomic E-state index is -0.621. The normalized spacial score (nSPS) is 11.8. The third-order valence-electron chi connectivity index (χ3n) is 4.17. The molecule has 0 unspecified atom stereocenters. The van der Waals surface area contributed by atoms with Crippen LogP contribution in [0, 0.1) is 0 Å². The summed E-state index contributed by atoms with van der Waals surface area (Å²) in [7, 11) is 1.55. The fourth-order valence-corrected chi connectivity index (χ4v) is 3.99. The Morgan fingerprint density at radius 3 is 2.32 bits per heavy atom. The minimum Gasteiger partial charge on any atom is -0.357 e. The molecule has 0 fully saturated rings. The van der Waals surface area contributed by atoms with Crippen LogP contribution in [0.2, 0.25) is 15.1 Å². The second kappa shape index (κ2) is 11.0. The monoisotopic (exact) mass is 458 g/mol. The maximum atomic E-state index is 12.9. The number of benzene rings is 2. The second-order valence-electron chi connectivity index (χ2n) is 6.10. The summed E-state index contributed by atoms with van der Waals surface area (Å²) in [4.78, 5) is 27.6. The molecule has 0 aliphatic carbocycles. The Morgan fingerprint density at radius 1 is 1.07 bits per heavy atom. The summed E-state index contributed by atoms with van der Waals surface area (Å²) in [6.07, 6.45) is 0.292. The highest BCUT2D eigenvalue weighted by Crippen LogP contribution is 2.25. The molecule has 0 radical (unpaired) electrons. The summed E-state index contributed by atoms with van der Waals surface area (Å²) >= 11 is 19.7. The topological polar surface area (TPSA) is 49.4 Å². The number of hydrogen-bond acceptors (Lipinski definition) is 3. The molecule has 2 aromatic rings. The molecular weight excluding hydrogens is 439 g/mol. The van der Waals surface area contributed by atoms with Crippen LogP contribution in [0.4, 0.5) is 0 Å². The predicted octanol–water partition coefficient (Wildman–Crippen LogP) is 5.29. The van der Waals surface area contributed by atoms with Gasteiger partial charge in [-0.05, 0) is 48.9 Å². The van der Waals surface area contributed by atoms with E-state index in [1.165, 1.54) is 4.90 Å². The van der Waals surface area contributed by atoms with E-state index in [4.69, 9.17) is 34.8 Å². The first kappa shape index (κ1) is 22.9. The lowest BCUT2D eigenvalue weighted by Crippen LogP contribution is -2.46. The third-order valence-corrected chi connectivity index (χ3v) is 6.02. The minimum absolute atomic E-state index is 0.122. The summed E-state index contributed by atoms with van der Waals surface area (Å²) in [5.41, 5.74) is 0.737. The molecule has 1 N–H and O–H groups in total. The van der Waals surface area contributed by atoms with Crippen LogP contribution in [0.5, 0.6) is 0 Å². The number of likely N-dealkylation sites (N-methyl/N-ethyl adjacent to an activating group) is 1. The lowest BCUT2D eigenvalue weighted by Gasteiger charge is -2.28. The van der Waals surface area contributed by atoms with Gasteiger partial charge in [0.25, 0.3) is 0 Å². The van der Waals surface area contributed by atoms with Gasteiger partial charge in [-0.15, -0.1) is 11.8 Å². The van der Waals surface area contributed by atoms with Crippen LogP contribution in [0.15, 0.2) is 47.4 Å². The molecule has 2 aromatic carbocycles. The van der Waals surface area contributed by atoms with E-state index < -0.39 is 6.04 Å². The van der Waals surface area contributed by atoms with Crippen molar-refractivity contribution >= 4 is 58.4 Å². The molecular formula is C20H21Cl3N2O2S. The van der Waals surface area contributed by atoms with Crippen molar-refractivity contribution < 1.29 is 9.59 Å². The standard InChI is InChI=1S/C20H21Cl3N2O2S/c1-13(20(27)24-2)25(12-14-3-4-16(22)11-18(14)23)19(26)9-10-28-17-7-5-15(21)6-8-17/h3-8,11,13H,9-10,12H2,1-2H3,(H,24,27)/t13-/m0/s1. The molecule has 0 aromatic heterocycles. The summed E-state index contributed by atoms with van der Waals surface area (Å²) in [5.74, 6) is 0.235. The zero-order valence-corrected chi connectivity index (χ0v) is 18.6. The van der Waals surface area contributed by atoms with E-state index in [1.807, 2.05) is 24.3 Å². The van der Waals surface area contributed by atoms with Crippen molar-refractivity contribution in [2.75, 3.05) is 12.8 Å². The number of amides is 2. The van der Waals surface area contributed by atoms with Gasteiger partial charge in [0.15, 0.2) is 0 Å². The quantitative estimate of drug-likeness (QED) is 0.545. The van der Waals surface area contributed by atoms with Crippen molar-refractivity contribution in [1.82, 2.24) is 10.2 Å². The first-order valence-electron chi connectivity index (χ1n) is 8.65. The Hall–Kier alpha value is -1.40. The number of carbonyl (C=O) groups is 2. The molecule has 150 valence electrons. The summed E-state index contributed by atoms with van der Waals surface area (Å²) in [6, 6.07) is 11.9. The molecule has 0 spiro atoms. The van der Waals surface area contributed by atoms with Crippen molar-refractivity contribution in [2.24, 2.45) is 0 Å². The van der Waals surface area contributed by atoms with Crippen LogP contribution in [-0.2, 0) is 16.1 Å². The van der Waals surface area contributed by atoms with Gasteiger partial charge >= 0.3 is 0 Å². The molecule has 2 amide bonds. The van der Waals surface area contributed by atoms with Gasteiger partial charge in [-0.1, -0.05) is 40.9 Å². The van der Waals surface area contributed by atoms with Crippen molar-refractivity contribution in [3.8, 4) is 0 Å². The fourth-order valence-electron chi connectivity index (χ4n) is 2.56. The van der Waals surface area contributed by atoms with E-state index in [2.05, 4.69) is 5.32 Å². The highest BCUT2D eigenvalue weighted by atomic mass is 35.5. The Bertz CT molecular complexity index is 831. The lowest BCUT2D eigenvalue weighted by atomic mass is 10.1. The number of hydrogen-bond donors (Lipinski definition) is 1. The van der Waals surface area contributed by atoms with Crippen LogP contribution in [0.25, 0.3) is 0 Å². The number of nitrogens with zero attached hydrogens (tertiary/aromatic N) is 1. The fraction of sp³-hybridized carbons (Fsp3) is 0.300. The van der Waals surface area contributed by atoms with E-state index in [1.54, 1.807) is 43.9 Å². The van der Waals surface area contributed by atoms with Gasteiger partial charge in [-0.3, -0.25) is 9.59 Å². The molecule has 28 heavy (non-hydrogen) atoms. The van der Waals surface area contributed by atoms with Gasteiger partial charge in [-0.25, -0.2) is 0 Å². The molecule has 0 heterocycles. The van der Waals surface area contributed by atoms with Gasteiger partial charge in [0.05, 0.1) is 0 Å². The number of nitrogens with one attached hydrogen (secondary N) is 1. The largest absolute Gasteiger partial charge is 0.357 e. The summed E-state index contributed by atoms with van der Waals surface area (Å²) in [5, 5.41) is 4.25. The highest BCUT2D eigenvalue weighted by molar-refractivity contribution is 7.99. The van der Waals surface area contributed by atoms with E-state index in [-0.39, 0.29) is 18.4 Å². The van der Waals surface area contributed by atoms with Crippen molar-refractivity contribution in [1.29, 1.82) is 0 Å². The highest BCUT2D eigenvalue weighted by Gasteiger charge is 2.25. The Labute approximate surface area is 184 Å². The zero-order valence-electron chi connectivity index (χ0n) is 15.5. The van der Waals surface area contributed by atoms with Crippen LogP contribution < -0.4 is 5.32 Å². The number of thioether (sulfide) groups is 1. The molecule has 8 heteroatoms. The SMILES string of the molecule is CNC(=O)[C@H](C)N(Cc1ccc(Cl)cc1Cl)C(=O)CCSc1ccc(Cl)cc1. The van der Waals surface area contributed by atoms with Crippen molar-refractivity contribution in [3.05, 3.63) is 63.1 Å². The van der Waals surface area contributed by atoms with Crippen LogP contribution >= 0.6 is 46.6 Å². The number of rotatable bonds is 8. The number of halogens is 3. The van der Waals surface area contributed by atoms with Crippen molar-refractivity contribution in [2.45, 2.75) is 30.8 Å². The van der Waals surface area contributed by atoms with Crippen molar-refractivity contribution in [3.63, 3.8) is 0 Å². The van der Waals surface area contributed by atoms with Gasteiger partial charge in [0.1, 0.15) is 6.04 Å². The van der Waals surface area contributed by atoms with Gasteiger partial charge in [0, 0.05) is 45.7 Å². The zero-order chi connectivity index (χ0) is 20.7. The molecule has 1 atom stereocenters. The predicted molar refractivity (Wildman–Crippen MR) is 117 cm³/mol. The van der Waals surface area contributed by atoms with E-state index >= 15 is 0 Å². The maximum Gasteiger partial charge on any atom is 0.242 e. The van der Waals surface area contributed by atoms with E-state index in [9.17, 15) is 9.59 Å². The first-order chi connectivity index (χ1) is 13.3. The van der Waals surface area contributed by atoms with E-state index in [0.717, 1.165) is 10.5 Å². The van der Waals surface area contributed by atoms with Gasteiger partial charge in [-0.2, -0.15) is 0 Å². The van der Waals surface area contributed by atoms with Gasteiger partial charge in [0.2, 0.25) is 11.8 Å². The molecule has 2 rings (SSSR count).